The average Bonchev–Trinajstić information content (AvgIpc) is 2.15. The van der Waals surface area contributed by atoms with Crippen LogP contribution in [0.15, 0.2) is 24.3 Å². The van der Waals surface area contributed by atoms with Gasteiger partial charge in [0.1, 0.15) is 5.82 Å². The molecule has 1 atom stereocenters. The van der Waals surface area contributed by atoms with Gasteiger partial charge in [-0.05, 0) is 44.8 Å². The van der Waals surface area contributed by atoms with E-state index in [4.69, 9.17) is 9.31 Å². The third-order valence-corrected chi connectivity index (χ3v) is 2.70. The third kappa shape index (κ3) is 2.63. The highest BCUT2D eigenvalue weighted by atomic mass is 19.1. The molecule has 1 unspecified atom stereocenters. The lowest BCUT2D eigenvalue weighted by atomic mass is 9.75. The summed E-state index contributed by atoms with van der Waals surface area (Å²) in [5, 5.41) is 0. The fraction of sp³-hybridized carbons (Fsp3) is 0.500. The van der Waals surface area contributed by atoms with Crippen molar-refractivity contribution in [1.29, 1.82) is 0 Å². The minimum Gasteiger partial charge on any atom is -0.405 e. The van der Waals surface area contributed by atoms with E-state index in [1.165, 1.54) is 12.1 Å². The zero-order chi connectivity index (χ0) is 11.8. The number of hydrogen-bond acceptors (Lipinski definition) is 2. The van der Waals surface area contributed by atoms with Crippen molar-refractivity contribution in [2.75, 3.05) is 0 Å². The van der Waals surface area contributed by atoms with Crippen molar-refractivity contribution in [2.45, 2.75) is 38.9 Å². The van der Waals surface area contributed by atoms with Gasteiger partial charge >= 0.3 is 7.12 Å². The minimum absolute atomic E-state index is 0.152. The lowest BCUT2D eigenvalue weighted by Crippen LogP contribution is -2.51. The van der Waals surface area contributed by atoms with Crippen molar-refractivity contribution in [3.63, 3.8) is 0 Å². The fourth-order valence-corrected chi connectivity index (χ4v) is 2.08. The fourth-order valence-electron chi connectivity index (χ4n) is 2.08. The molecule has 0 amide bonds. The number of rotatable bonds is 1. The molecule has 0 N–H and O–H groups in total. The predicted octanol–water partition coefficient (Wildman–Crippen LogP) is 2.12. The van der Waals surface area contributed by atoms with Crippen molar-refractivity contribution in [1.82, 2.24) is 0 Å². The molecule has 1 fully saturated rings. The molecule has 0 radical (unpaired) electrons. The summed E-state index contributed by atoms with van der Waals surface area (Å²) in [6.07, 6.45) is 1.02. The molecule has 1 aliphatic rings. The Balaban J connectivity index is 2.17. The predicted molar refractivity (Wildman–Crippen MR) is 62.1 cm³/mol. The van der Waals surface area contributed by atoms with Crippen molar-refractivity contribution in [3.05, 3.63) is 30.1 Å². The Hall–Kier alpha value is -0.865. The van der Waals surface area contributed by atoms with Crippen LogP contribution >= 0.6 is 0 Å². The second-order valence-corrected chi connectivity index (χ2v) is 4.91. The van der Waals surface area contributed by atoms with E-state index in [1.54, 1.807) is 12.1 Å². The summed E-state index contributed by atoms with van der Waals surface area (Å²) in [6, 6.07) is 6.25. The summed E-state index contributed by atoms with van der Waals surface area (Å²) in [4.78, 5) is 0. The molecule has 0 bridgehead atoms. The van der Waals surface area contributed by atoms with E-state index in [-0.39, 0.29) is 24.6 Å². The smallest absolute Gasteiger partial charge is 0.405 e. The van der Waals surface area contributed by atoms with Gasteiger partial charge in [-0.1, -0.05) is 12.1 Å². The van der Waals surface area contributed by atoms with E-state index < -0.39 is 0 Å². The molecule has 1 heterocycles. The van der Waals surface area contributed by atoms with Gasteiger partial charge in [0, 0.05) is 6.10 Å². The lowest BCUT2D eigenvalue weighted by molar-refractivity contribution is -0.0229. The van der Waals surface area contributed by atoms with Crippen molar-refractivity contribution in [3.8, 4) is 0 Å². The van der Waals surface area contributed by atoms with Crippen molar-refractivity contribution >= 4 is 12.6 Å². The summed E-state index contributed by atoms with van der Waals surface area (Å²) >= 11 is 0. The van der Waals surface area contributed by atoms with E-state index in [0.717, 1.165) is 11.9 Å². The normalized spacial score (nSPS) is 24.5. The first-order valence-corrected chi connectivity index (χ1v) is 5.55. The number of hydrogen-bond donors (Lipinski definition) is 0. The molecule has 4 heteroatoms. The zero-order valence-electron chi connectivity index (χ0n) is 9.87. The minimum atomic E-state index is -0.389. The first kappa shape index (κ1) is 11.6. The van der Waals surface area contributed by atoms with E-state index in [9.17, 15) is 4.39 Å². The lowest BCUT2D eigenvalue weighted by Gasteiger charge is -2.38. The first-order valence-electron chi connectivity index (χ1n) is 5.55. The molecule has 0 aromatic heterocycles. The molecule has 0 aliphatic carbocycles. The molecule has 16 heavy (non-hydrogen) atoms. The maximum absolute atomic E-state index is 12.8. The van der Waals surface area contributed by atoms with Crippen LogP contribution < -0.4 is 5.46 Å². The Labute approximate surface area is 95.9 Å². The third-order valence-electron chi connectivity index (χ3n) is 2.70. The molecule has 1 aliphatic heterocycles. The molecule has 86 valence electrons. The van der Waals surface area contributed by atoms with Crippen LogP contribution in [0.4, 0.5) is 4.39 Å². The highest BCUT2D eigenvalue weighted by Crippen LogP contribution is 2.25. The molecule has 2 nitrogen and oxygen atoms in total. The van der Waals surface area contributed by atoms with Gasteiger partial charge in [0.15, 0.2) is 0 Å². The molecular formula is C12H16BFO2. The van der Waals surface area contributed by atoms with E-state index in [0.29, 0.717) is 0 Å². The van der Waals surface area contributed by atoms with Gasteiger partial charge in [0.2, 0.25) is 0 Å². The first-order chi connectivity index (χ1) is 7.46. The van der Waals surface area contributed by atoms with E-state index >= 15 is 0 Å². The Morgan fingerprint density at radius 2 is 1.94 bits per heavy atom. The van der Waals surface area contributed by atoms with Gasteiger partial charge in [0.05, 0.1) is 5.60 Å². The molecule has 1 saturated heterocycles. The van der Waals surface area contributed by atoms with Crippen LogP contribution in [0.5, 0.6) is 0 Å². The van der Waals surface area contributed by atoms with Gasteiger partial charge in [0.25, 0.3) is 0 Å². The van der Waals surface area contributed by atoms with Gasteiger partial charge in [-0.25, -0.2) is 4.39 Å². The maximum Gasteiger partial charge on any atom is 0.494 e. The van der Waals surface area contributed by atoms with Gasteiger partial charge < -0.3 is 9.31 Å². The van der Waals surface area contributed by atoms with Crippen molar-refractivity contribution < 1.29 is 13.7 Å². The van der Waals surface area contributed by atoms with Gasteiger partial charge in [-0.3, -0.25) is 0 Å². The SMILES string of the molecule is CC1CC(C)(C)OB(c2ccc(F)cc2)O1. The highest BCUT2D eigenvalue weighted by molar-refractivity contribution is 6.61. The number of halogens is 1. The summed E-state index contributed by atoms with van der Waals surface area (Å²) < 4.78 is 24.3. The van der Waals surface area contributed by atoms with Crippen LogP contribution in [-0.4, -0.2) is 18.8 Å². The molecule has 2 rings (SSSR count). The Kier molecular flexibility index (Phi) is 3.04. The highest BCUT2D eigenvalue weighted by Gasteiger charge is 2.37. The van der Waals surface area contributed by atoms with E-state index in [1.807, 2.05) is 20.8 Å². The van der Waals surface area contributed by atoms with Crippen LogP contribution in [0.3, 0.4) is 0 Å². The monoisotopic (exact) mass is 222 g/mol. The Morgan fingerprint density at radius 3 is 2.50 bits per heavy atom. The molecular weight excluding hydrogens is 206 g/mol. The van der Waals surface area contributed by atoms with Gasteiger partial charge in [-0.15, -0.1) is 0 Å². The van der Waals surface area contributed by atoms with Crippen molar-refractivity contribution in [2.24, 2.45) is 0 Å². The van der Waals surface area contributed by atoms with Crippen LogP contribution in [0, 0.1) is 5.82 Å². The van der Waals surface area contributed by atoms with Gasteiger partial charge in [-0.2, -0.15) is 0 Å². The topological polar surface area (TPSA) is 18.5 Å². The molecule has 1 aromatic rings. The quantitative estimate of drug-likeness (QED) is 0.677. The van der Waals surface area contributed by atoms with Crippen LogP contribution in [-0.2, 0) is 9.31 Å². The molecule has 1 aromatic carbocycles. The van der Waals surface area contributed by atoms with Crippen LogP contribution in [0.2, 0.25) is 0 Å². The summed E-state index contributed by atoms with van der Waals surface area (Å²) in [5.74, 6) is -0.244. The zero-order valence-corrected chi connectivity index (χ0v) is 9.87. The Bertz CT molecular complexity index is 364. The summed E-state index contributed by atoms with van der Waals surface area (Å²) in [6.45, 7) is 6.12. The Morgan fingerprint density at radius 1 is 1.31 bits per heavy atom. The summed E-state index contributed by atoms with van der Waals surface area (Å²) in [7, 11) is -0.389. The largest absolute Gasteiger partial charge is 0.494 e. The maximum atomic E-state index is 12.8. The average molecular weight is 222 g/mol. The standard InChI is InChI=1S/C12H16BFO2/c1-9-8-12(2,3)16-13(15-9)10-4-6-11(14)7-5-10/h4-7,9H,8H2,1-3H3. The number of benzene rings is 1. The second-order valence-electron chi connectivity index (χ2n) is 4.91. The second kappa shape index (κ2) is 4.19. The van der Waals surface area contributed by atoms with E-state index in [2.05, 4.69) is 0 Å². The van der Waals surface area contributed by atoms with Crippen LogP contribution in [0.1, 0.15) is 27.2 Å². The molecule has 0 spiro atoms. The summed E-state index contributed by atoms with van der Waals surface area (Å²) in [5.41, 5.74) is 0.664. The molecule has 0 saturated carbocycles. The van der Waals surface area contributed by atoms with Crippen LogP contribution in [0.25, 0.3) is 0 Å².